The van der Waals surface area contributed by atoms with Gasteiger partial charge < -0.3 is 14.8 Å². The molecule has 0 heterocycles. The van der Waals surface area contributed by atoms with E-state index in [-0.39, 0.29) is 11.9 Å². The zero-order chi connectivity index (χ0) is 14.3. The standard InChI is InChI=1S/C14H18N2O3/c1-4-19-14(17)10(2)9-16-13-11(8-15)6-5-7-12(13)18-3/h5-7,10,16H,4,9H2,1-3H3. The zero-order valence-electron chi connectivity index (χ0n) is 11.4. The lowest BCUT2D eigenvalue weighted by molar-refractivity contribution is -0.146. The average Bonchev–Trinajstić information content (AvgIpc) is 2.44. The second-order valence-corrected chi connectivity index (χ2v) is 4.03. The van der Waals surface area contributed by atoms with Crippen molar-refractivity contribution in [1.29, 1.82) is 5.26 Å². The van der Waals surface area contributed by atoms with Gasteiger partial charge in [0.1, 0.15) is 11.8 Å². The molecule has 19 heavy (non-hydrogen) atoms. The van der Waals surface area contributed by atoms with Crippen LogP contribution in [-0.4, -0.2) is 26.2 Å². The number of benzene rings is 1. The summed E-state index contributed by atoms with van der Waals surface area (Å²) < 4.78 is 10.1. The minimum Gasteiger partial charge on any atom is -0.495 e. The van der Waals surface area contributed by atoms with Gasteiger partial charge in [-0.3, -0.25) is 4.79 Å². The highest BCUT2D eigenvalue weighted by Gasteiger charge is 2.15. The molecule has 0 aromatic heterocycles. The van der Waals surface area contributed by atoms with Crippen LogP contribution in [-0.2, 0) is 9.53 Å². The molecule has 0 saturated heterocycles. The molecule has 0 aliphatic rings. The number of nitrogens with zero attached hydrogens (tertiary/aromatic N) is 1. The second kappa shape index (κ2) is 7.27. The lowest BCUT2D eigenvalue weighted by atomic mass is 10.1. The molecular weight excluding hydrogens is 244 g/mol. The summed E-state index contributed by atoms with van der Waals surface area (Å²) in [6.07, 6.45) is 0. The third-order valence-electron chi connectivity index (χ3n) is 2.64. The number of hydrogen-bond donors (Lipinski definition) is 1. The van der Waals surface area contributed by atoms with Crippen molar-refractivity contribution in [3.63, 3.8) is 0 Å². The topological polar surface area (TPSA) is 71.3 Å². The predicted octanol–water partition coefficient (Wildman–Crippen LogP) is 2.18. The maximum absolute atomic E-state index is 11.5. The van der Waals surface area contributed by atoms with Crippen LogP contribution in [0.4, 0.5) is 5.69 Å². The summed E-state index contributed by atoms with van der Waals surface area (Å²) in [5, 5.41) is 12.1. The number of methoxy groups -OCH3 is 1. The highest BCUT2D eigenvalue weighted by molar-refractivity contribution is 5.73. The number of rotatable bonds is 6. The molecule has 5 heteroatoms. The first-order valence-electron chi connectivity index (χ1n) is 6.11. The normalized spacial score (nSPS) is 11.3. The molecular formula is C14H18N2O3. The molecule has 0 fully saturated rings. The molecule has 1 atom stereocenters. The summed E-state index contributed by atoms with van der Waals surface area (Å²) in [6.45, 7) is 4.29. The number of hydrogen-bond acceptors (Lipinski definition) is 5. The van der Waals surface area contributed by atoms with Crippen LogP contribution in [0.5, 0.6) is 5.75 Å². The Hall–Kier alpha value is -2.22. The Bertz CT molecular complexity index is 480. The van der Waals surface area contributed by atoms with E-state index in [1.807, 2.05) is 0 Å². The largest absolute Gasteiger partial charge is 0.495 e. The quantitative estimate of drug-likeness (QED) is 0.795. The van der Waals surface area contributed by atoms with Gasteiger partial charge in [-0.1, -0.05) is 13.0 Å². The summed E-state index contributed by atoms with van der Waals surface area (Å²) in [7, 11) is 1.54. The number of carbonyl (C=O) groups is 1. The van der Waals surface area contributed by atoms with Crippen LogP contribution in [0.1, 0.15) is 19.4 Å². The van der Waals surface area contributed by atoms with Gasteiger partial charge in [0.05, 0.1) is 30.9 Å². The van der Waals surface area contributed by atoms with Gasteiger partial charge >= 0.3 is 5.97 Å². The van der Waals surface area contributed by atoms with Gasteiger partial charge in [0.25, 0.3) is 0 Å². The van der Waals surface area contributed by atoms with Crippen LogP contribution in [0.2, 0.25) is 0 Å². The number of carbonyl (C=O) groups excluding carboxylic acids is 1. The van der Waals surface area contributed by atoms with E-state index in [2.05, 4.69) is 11.4 Å². The monoisotopic (exact) mass is 262 g/mol. The zero-order valence-corrected chi connectivity index (χ0v) is 11.4. The Balaban J connectivity index is 2.77. The lowest BCUT2D eigenvalue weighted by Crippen LogP contribution is -2.23. The molecule has 0 radical (unpaired) electrons. The first kappa shape index (κ1) is 14.8. The van der Waals surface area contributed by atoms with Crippen molar-refractivity contribution in [2.24, 2.45) is 5.92 Å². The Morgan fingerprint density at radius 3 is 2.84 bits per heavy atom. The van der Waals surface area contributed by atoms with Crippen LogP contribution in [0, 0.1) is 17.2 Å². The summed E-state index contributed by atoms with van der Waals surface area (Å²) in [5.74, 6) is 0.0231. The van der Waals surface area contributed by atoms with E-state index in [0.717, 1.165) is 0 Å². The summed E-state index contributed by atoms with van der Waals surface area (Å²) in [4.78, 5) is 11.5. The van der Waals surface area contributed by atoms with Gasteiger partial charge in [-0.25, -0.2) is 0 Å². The maximum atomic E-state index is 11.5. The van der Waals surface area contributed by atoms with Crippen LogP contribution >= 0.6 is 0 Å². The van der Waals surface area contributed by atoms with Gasteiger partial charge in [0.2, 0.25) is 0 Å². The van der Waals surface area contributed by atoms with Crippen molar-refractivity contribution >= 4 is 11.7 Å². The minimum absolute atomic E-state index is 0.261. The van der Waals surface area contributed by atoms with Gasteiger partial charge in [0.15, 0.2) is 0 Å². The molecule has 102 valence electrons. The molecule has 0 bridgehead atoms. The highest BCUT2D eigenvalue weighted by atomic mass is 16.5. The molecule has 0 amide bonds. The summed E-state index contributed by atoms with van der Waals surface area (Å²) >= 11 is 0. The fourth-order valence-electron chi connectivity index (χ4n) is 1.60. The first-order chi connectivity index (χ1) is 9.13. The van der Waals surface area contributed by atoms with E-state index in [1.165, 1.54) is 7.11 Å². The Morgan fingerprint density at radius 1 is 1.53 bits per heavy atom. The van der Waals surface area contributed by atoms with Crippen LogP contribution in [0.15, 0.2) is 18.2 Å². The van der Waals surface area contributed by atoms with Gasteiger partial charge in [-0.05, 0) is 19.1 Å². The Labute approximate surface area is 113 Å². The van der Waals surface area contributed by atoms with Crippen molar-refractivity contribution in [3.8, 4) is 11.8 Å². The van der Waals surface area contributed by atoms with Crippen molar-refractivity contribution in [2.45, 2.75) is 13.8 Å². The van der Waals surface area contributed by atoms with Crippen LogP contribution in [0.3, 0.4) is 0 Å². The van der Waals surface area contributed by atoms with Crippen molar-refractivity contribution in [3.05, 3.63) is 23.8 Å². The SMILES string of the molecule is CCOC(=O)C(C)CNc1c(C#N)cccc1OC. The number of esters is 1. The summed E-state index contributed by atoms with van der Waals surface area (Å²) in [5.41, 5.74) is 1.08. The molecule has 5 nitrogen and oxygen atoms in total. The number of ether oxygens (including phenoxy) is 2. The Kier molecular flexibility index (Phi) is 5.68. The minimum atomic E-state index is -0.295. The Morgan fingerprint density at radius 2 is 2.26 bits per heavy atom. The van der Waals surface area contributed by atoms with Gasteiger partial charge in [-0.15, -0.1) is 0 Å². The molecule has 1 unspecified atom stereocenters. The third-order valence-corrected chi connectivity index (χ3v) is 2.64. The smallest absolute Gasteiger partial charge is 0.310 e. The van der Waals surface area contributed by atoms with Crippen LogP contribution in [0.25, 0.3) is 0 Å². The molecule has 0 saturated carbocycles. The number of nitriles is 1. The van der Waals surface area contributed by atoms with Crippen molar-refractivity contribution < 1.29 is 14.3 Å². The van der Waals surface area contributed by atoms with E-state index in [1.54, 1.807) is 32.0 Å². The molecule has 1 aromatic rings. The van der Waals surface area contributed by atoms with Gasteiger partial charge in [0, 0.05) is 6.54 Å². The van der Waals surface area contributed by atoms with Crippen molar-refractivity contribution in [1.82, 2.24) is 0 Å². The maximum Gasteiger partial charge on any atom is 0.310 e. The highest BCUT2D eigenvalue weighted by Crippen LogP contribution is 2.27. The van der Waals surface area contributed by atoms with E-state index in [9.17, 15) is 4.79 Å². The first-order valence-corrected chi connectivity index (χ1v) is 6.11. The molecule has 0 spiro atoms. The van der Waals surface area contributed by atoms with E-state index < -0.39 is 0 Å². The fraction of sp³-hybridized carbons (Fsp3) is 0.429. The number of nitrogens with one attached hydrogen (secondary N) is 1. The van der Waals surface area contributed by atoms with Crippen LogP contribution < -0.4 is 10.1 Å². The van der Waals surface area contributed by atoms with E-state index in [0.29, 0.717) is 30.2 Å². The average molecular weight is 262 g/mol. The third kappa shape index (κ3) is 3.88. The molecule has 1 rings (SSSR count). The van der Waals surface area contributed by atoms with E-state index in [4.69, 9.17) is 14.7 Å². The van der Waals surface area contributed by atoms with Gasteiger partial charge in [-0.2, -0.15) is 5.26 Å². The molecule has 1 aromatic carbocycles. The number of anilines is 1. The van der Waals surface area contributed by atoms with E-state index >= 15 is 0 Å². The molecule has 1 N–H and O–H groups in total. The number of para-hydroxylation sites is 1. The predicted molar refractivity (Wildman–Crippen MR) is 72.0 cm³/mol. The summed E-state index contributed by atoms with van der Waals surface area (Å²) in [6, 6.07) is 7.29. The molecule has 0 aliphatic carbocycles. The fourth-order valence-corrected chi connectivity index (χ4v) is 1.60. The van der Waals surface area contributed by atoms with Crippen molar-refractivity contribution in [2.75, 3.05) is 25.6 Å². The second-order valence-electron chi connectivity index (χ2n) is 4.03. The molecule has 0 aliphatic heterocycles. The lowest BCUT2D eigenvalue weighted by Gasteiger charge is -2.15.